The lowest BCUT2D eigenvalue weighted by molar-refractivity contribution is 0.625. The number of nitrogens with zero attached hydrogens (tertiary/aromatic N) is 2. The summed E-state index contributed by atoms with van der Waals surface area (Å²) >= 11 is 4.89. The van der Waals surface area contributed by atoms with E-state index in [1.165, 1.54) is 12.1 Å². The van der Waals surface area contributed by atoms with Gasteiger partial charge in [0.25, 0.3) is 0 Å². The summed E-state index contributed by atoms with van der Waals surface area (Å²) < 4.78 is 14.7. The third kappa shape index (κ3) is 1.81. The zero-order chi connectivity index (χ0) is 11.7. The quantitative estimate of drug-likeness (QED) is 0.809. The Labute approximate surface area is 97.7 Å². The Kier molecular flexibility index (Phi) is 2.70. The van der Waals surface area contributed by atoms with Crippen molar-refractivity contribution >= 4 is 17.2 Å². The zero-order valence-electron chi connectivity index (χ0n) is 8.64. The Morgan fingerprint density at radius 2 is 2.25 bits per heavy atom. The van der Waals surface area contributed by atoms with Crippen LogP contribution in [0.4, 0.5) is 4.39 Å². The molecule has 0 aliphatic carbocycles. The molecule has 2 N–H and O–H groups in total. The van der Waals surface area contributed by atoms with Crippen LogP contribution in [0.25, 0.3) is 5.69 Å². The summed E-state index contributed by atoms with van der Waals surface area (Å²) in [6, 6.07) is 6.19. The van der Waals surface area contributed by atoms with Crippen LogP contribution in [-0.4, -0.2) is 14.8 Å². The van der Waals surface area contributed by atoms with Gasteiger partial charge >= 0.3 is 0 Å². The van der Waals surface area contributed by atoms with Crippen molar-refractivity contribution < 1.29 is 4.39 Å². The van der Waals surface area contributed by atoms with E-state index in [1.807, 2.05) is 6.92 Å². The zero-order valence-corrected chi connectivity index (χ0v) is 9.46. The predicted octanol–water partition coefficient (Wildman–Crippen LogP) is 1.95. The smallest absolute Gasteiger partial charge is 0.125 e. The second-order valence-corrected chi connectivity index (χ2v) is 3.84. The van der Waals surface area contributed by atoms with Gasteiger partial charge in [-0.25, -0.2) is 9.07 Å². The van der Waals surface area contributed by atoms with E-state index in [4.69, 9.17) is 18.0 Å². The molecular formula is C11H10FN3S. The fourth-order valence-electron chi connectivity index (χ4n) is 1.52. The molecule has 0 saturated carbocycles. The molecule has 0 radical (unpaired) electrons. The van der Waals surface area contributed by atoms with Gasteiger partial charge in [-0.1, -0.05) is 18.3 Å². The fourth-order valence-corrected chi connectivity index (χ4v) is 1.72. The number of aromatic nitrogens is 2. The van der Waals surface area contributed by atoms with E-state index < -0.39 is 0 Å². The van der Waals surface area contributed by atoms with E-state index >= 15 is 0 Å². The number of nitrogens with two attached hydrogens (primary N) is 1. The third-order valence-corrected chi connectivity index (χ3v) is 2.55. The summed E-state index contributed by atoms with van der Waals surface area (Å²) in [5.74, 6) is -0.302. The standard InChI is InChI=1S/C11H10FN3S/c1-7-10(11(13)16)6-14-15(7)9-4-2-3-8(12)5-9/h2-6H,1H3,(H2,13,16). The minimum atomic E-state index is -0.302. The lowest BCUT2D eigenvalue weighted by Gasteiger charge is -2.04. The highest BCUT2D eigenvalue weighted by Crippen LogP contribution is 2.14. The Hall–Kier alpha value is -1.75. The summed E-state index contributed by atoms with van der Waals surface area (Å²) in [6.07, 6.45) is 1.59. The summed E-state index contributed by atoms with van der Waals surface area (Å²) in [7, 11) is 0. The van der Waals surface area contributed by atoms with Crippen molar-refractivity contribution in [2.45, 2.75) is 6.92 Å². The Morgan fingerprint density at radius 1 is 1.50 bits per heavy atom. The van der Waals surface area contributed by atoms with Crippen molar-refractivity contribution in [3.05, 3.63) is 47.5 Å². The molecule has 2 rings (SSSR count). The lowest BCUT2D eigenvalue weighted by Crippen LogP contribution is -2.10. The van der Waals surface area contributed by atoms with Gasteiger partial charge in [-0.3, -0.25) is 0 Å². The highest BCUT2D eigenvalue weighted by molar-refractivity contribution is 7.80. The van der Waals surface area contributed by atoms with Crippen LogP contribution >= 0.6 is 12.2 Å². The van der Waals surface area contributed by atoms with Crippen molar-refractivity contribution in [1.82, 2.24) is 9.78 Å². The normalized spacial score (nSPS) is 10.4. The van der Waals surface area contributed by atoms with Gasteiger partial charge in [0.1, 0.15) is 10.8 Å². The van der Waals surface area contributed by atoms with E-state index in [-0.39, 0.29) is 5.82 Å². The van der Waals surface area contributed by atoms with Crippen LogP contribution in [-0.2, 0) is 0 Å². The number of rotatable bonds is 2. The molecule has 1 aromatic carbocycles. The molecule has 0 unspecified atom stereocenters. The number of hydrogen-bond acceptors (Lipinski definition) is 2. The Balaban J connectivity index is 2.53. The number of thiocarbonyl (C=S) groups is 1. The molecule has 1 heterocycles. The maximum atomic E-state index is 13.1. The van der Waals surface area contributed by atoms with Gasteiger partial charge in [-0.05, 0) is 25.1 Å². The second kappa shape index (κ2) is 4.02. The van der Waals surface area contributed by atoms with Gasteiger partial charge < -0.3 is 5.73 Å². The van der Waals surface area contributed by atoms with E-state index in [2.05, 4.69) is 5.10 Å². The molecule has 0 aliphatic heterocycles. The van der Waals surface area contributed by atoms with Crippen molar-refractivity contribution in [3.8, 4) is 5.69 Å². The molecule has 0 amide bonds. The van der Waals surface area contributed by atoms with E-state index in [9.17, 15) is 4.39 Å². The molecule has 82 valence electrons. The van der Waals surface area contributed by atoms with Crippen LogP contribution in [0.3, 0.4) is 0 Å². The molecule has 0 spiro atoms. The monoisotopic (exact) mass is 235 g/mol. The first-order valence-electron chi connectivity index (χ1n) is 4.70. The maximum Gasteiger partial charge on any atom is 0.125 e. The van der Waals surface area contributed by atoms with Gasteiger partial charge in [-0.15, -0.1) is 0 Å². The van der Waals surface area contributed by atoms with Crippen LogP contribution in [0.1, 0.15) is 11.3 Å². The average molecular weight is 235 g/mol. The van der Waals surface area contributed by atoms with E-state index in [0.29, 0.717) is 16.2 Å². The molecule has 0 fully saturated rings. The van der Waals surface area contributed by atoms with Gasteiger partial charge in [0.15, 0.2) is 0 Å². The first-order chi connectivity index (χ1) is 7.59. The first kappa shape index (κ1) is 10.8. The summed E-state index contributed by atoms with van der Waals surface area (Å²) in [5.41, 5.74) is 7.70. The van der Waals surface area contributed by atoms with Crippen molar-refractivity contribution in [3.63, 3.8) is 0 Å². The van der Waals surface area contributed by atoms with Crippen LogP contribution in [0.5, 0.6) is 0 Å². The van der Waals surface area contributed by atoms with Crippen LogP contribution < -0.4 is 5.73 Å². The molecule has 2 aromatic rings. The summed E-state index contributed by atoms with van der Waals surface area (Å²) in [4.78, 5) is 0.292. The van der Waals surface area contributed by atoms with E-state index in [1.54, 1.807) is 23.0 Å². The molecule has 0 bridgehead atoms. The molecule has 16 heavy (non-hydrogen) atoms. The summed E-state index contributed by atoms with van der Waals surface area (Å²) in [6.45, 7) is 1.84. The van der Waals surface area contributed by atoms with Crippen molar-refractivity contribution in [1.29, 1.82) is 0 Å². The topological polar surface area (TPSA) is 43.8 Å². The van der Waals surface area contributed by atoms with Crippen molar-refractivity contribution in [2.75, 3.05) is 0 Å². The second-order valence-electron chi connectivity index (χ2n) is 3.40. The van der Waals surface area contributed by atoms with Crippen molar-refractivity contribution in [2.24, 2.45) is 5.73 Å². The van der Waals surface area contributed by atoms with Gasteiger partial charge in [0, 0.05) is 0 Å². The van der Waals surface area contributed by atoms with Gasteiger partial charge in [0.05, 0.1) is 23.1 Å². The Morgan fingerprint density at radius 3 is 2.81 bits per heavy atom. The number of benzene rings is 1. The minimum Gasteiger partial charge on any atom is -0.389 e. The molecule has 3 nitrogen and oxygen atoms in total. The molecule has 0 saturated heterocycles. The van der Waals surface area contributed by atoms with Crippen LogP contribution in [0.2, 0.25) is 0 Å². The summed E-state index contributed by atoms with van der Waals surface area (Å²) in [5, 5.41) is 4.13. The molecule has 1 aromatic heterocycles. The highest BCUT2D eigenvalue weighted by Gasteiger charge is 2.09. The maximum absolute atomic E-state index is 13.1. The van der Waals surface area contributed by atoms with Crippen LogP contribution in [0.15, 0.2) is 30.5 Å². The molecule has 0 atom stereocenters. The third-order valence-electron chi connectivity index (χ3n) is 2.33. The van der Waals surface area contributed by atoms with E-state index in [0.717, 1.165) is 5.69 Å². The number of halogens is 1. The number of hydrogen-bond donors (Lipinski definition) is 1. The highest BCUT2D eigenvalue weighted by atomic mass is 32.1. The largest absolute Gasteiger partial charge is 0.389 e. The Bertz CT molecular complexity index is 548. The minimum absolute atomic E-state index is 0.292. The predicted molar refractivity (Wildman–Crippen MR) is 64.1 cm³/mol. The first-order valence-corrected chi connectivity index (χ1v) is 5.11. The SMILES string of the molecule is Cc1c(C(N)=S)cnn1-c1cccc(F)c1. The van der Waals surface area contributed by atoms with Gasteiger partial charge in [-0.2, -0.15) is 5.10 Å². The van der Waals surface area contributed by atoms with Gasteiger partial charge in [0.2, 0.25) is 0 Å². The van der Waals surface area contributed by atoms with Crippen LogP contribution in [0, 0.1) is 12.7 Å². The molecule has 5 heteroatoms. The molecular weight excluding hydrogens is 225 g/mol. The average Bonchev–Trinajstić information content (AvgIpc) is 2.60. The fraction of sp³-hybridized carbons (Fsp3) is 0.0909. The lowest BCUT2D eigenvalue weighted by atomic mass is 10.2. The molecule has 0 aliphatic rings.